The maximum atomic E-state index is 5.95. The summed E-state index contributed by atoms with van der Waals surface area (Å²) in [6.45, 7) is 6.26. The van der Waals surface area contributed by atoms with Crippen molar-refractivity contribution in [1.29, 1.82) is 0 Å². The van der Waals surface area contributed by atoms with Gasteiger partial charge in [0.25, 0.3) is 0 Å². The van der Waals surface area contributed by atoms with Crippen LogP contribution in [0.15, 0.2) is 12.1 Å². The van der Waals surface area contributed by atoms with Crippen LogP contribution in [0, 0.1) is 6.92 Å². The minimum atomic E-state index is 0.439. The highest BCUT2D eigenvalue weighted by molar-refractivity contribution is 5.57. The Kier molecular flexibility index (Phi) is 2.81. The smallest absolute Gasteiger partial charge is 0.119 e. The topological polar surface area (TPSA) is 35.2 Å². The Balaban J connectivity index is 3.25. The van der Waals surface area contributed by atoms with Gasteiger partial charge in [-0.2, -0.15) is 0 Å². The molecule has 0 fully saturated rings. The molecule has 0 amide bonds. The number of nitrogens with two attached hydrogens (primary N) is 1. The van der Waals surface area contributed by atoms with E-state index in [1.54, 1.807) is 7.11 Å². The van der Waals surface area contributed by atoms with Crippen LogP contribution >= 0.6 is 0 Å². The van der Waals surface area contributed by atoms with E-state index in [0.29, 0.717) is 5.92 Å². The zero-order chi connectivity index (χ0) is 10.0. The second kappa shape index (κ2) is 3.69. The van der Waals surface area contributed by atoms with Crippen molar-refractivity contribution in [1.82, 2.24) is 0 Å². The van der Waals surface area contributed by atoms with Gasteiger partial charge in [-0.1, -0.05) is 13.8 Å². The Hall–Kier alpha value is -1.18. The van der Waals surface area contributed by atoms with Crippen LogP contribution in [0.2, 0.25) is 0 Å². The van der Waals surface area contributed by atoms with Crippen LogP contribution in [-0.2, 0) is 0 Å². The molecule has 0 saturated heterocycles. The summed E-state index contributed by atoms with van der Waals surface area (Å²) in [7, 11) is 1.68. The van der Waals surface area contributed by atoms with E-state index in [1.807, 2.05) is 19.1 Å². The summed E-state index contributed by atoms with van der Waals surface area (Å²) in [6, 6.07) is 3.97. The van der Waals surface area contributed by atoms with Gasteiger partial charge in [-0.15, -0.1) is 0 Å². The van der Waals surface area contributed by atoms with Gasteiger partial charge in [0.05, 0.1) is 7.11 Å². The average molecular weight is 179 g/mol. The molecule has 13 heavy (non-hydrogen) atoms. The quantitative estimate of drug-likeness (QED) is 0.708. The Morgan fingerprint density at radius 3 is 2.38 bits per heavy atom. The summed E-state index contributed by atoms with van der Waals surface area (Å²) in [4.78, 5) is 0. The van der Waals surface area contributed by atoms with Crippen LogP contribution in [0.4, 0.5) is 5.69 Å². The molecule has 0 saturated carbocycles. The minimum Gasteiger partial charge on any atom is -0.497 e. The lowest BCUT2D eigenvalue weighted by Crippen LogP contribution is -2.00. The largest absolute Gasteiger partial charge is 0.497 e. The fourth-order valence-electron chi connectivity index (χ4n) is 1.39. The lowest BCUT2D eigenvalue weighted by atomic mass is 9.98. The van der Waals surface area contributed by atoms with E-state index in [2.05, 4.69) is 13.8 Å². The van der Waals surface area contributed by atoms with Crippen LogP contribution in [0.5, 0.6) is 5.75 Å². The van der Waals surface area contributed by atoms with Gasteiger partial charge < -0.3 is 10.5 Å². The van der Waals surface area contributed by atoms with Crippen LogP contribution in [0.1, 0.15) is 30.9 Å². The highest BCUT2D eigenvalue weighted by atomic mass is 16.5. The molecule has 0 aliphatic rings. The molecule has 72 valence electrons. The summed E-state index contributed by atoms with van der Waals surface area (Å²) < 4.78 is 5.19. The summed E-state index contributed by atoms with van der Waals surface area (Å²) in [5.41, 5.74) is 9.09. The van der Waals surface area contributed by atoms with E-state index in [1.165, 1.54) is 0 Å². The summed E-state index contributed by atoms with van der Waals surface area (Å²) in [5.74, 6) is 1.32. The second-order valence-corrected chi connectivity index (χ2v) is 3.60. The van der Waals surface area contributed by atoms with E-state index in [4.69, 9.17) is 10.5 Å². The first kappa shape index (κ1) is 9.90. The van der Waals surface area contributed by atoms with Gasteiger partial charge in [0.1, 0.15) is 5.75 Å². The number of rotatable bonds is 2. The molecule has 1 rings (SSSR count). The predicted molar refractivity (Wildman–Crippen MR) is 56.2 cm³/mol. The molecule has 2 nitrogen and oxygen atoms in total. The summed E-state index contributed by atoms with van der Waals surface area (Å²) in [5, 5.41) is 0. The van der Waals surface area contributed by atoms with Gasteiger partial charge in [-0.25, -0.2) is 0 Å². The Labute approximate surface area is 79.7 Å². The number of hydrogen-bond donors (Lipinski definition) is 1. The monoisotopic (exact) mass is 179 g/mol. The molecule has 1 aromatic carbocycles. The fourth-order valence-corrected chi connectivity index (χ4v) is 1.39. The van der Waals surface area contributed by atoms with Gasteiger partial charge in [0.2, 0.25) is 0 Å². The van der Waals surface area contributed by atoms with E-state index in [0.717, 1.165) is 22.6 Å². The molecule has 0 aliphatic carbocycles. The minimum absolute atomic E-state index is 0.439. The van der Waals surface area contributed by atoms with E-state index in [9.17, 15) is 0 Å². The number of methoxy groups -OCH3 is 1. The van der Waals surface area contributed by atoms with Crippen molar-refractivity contribution in [2.75, 3.05) is 12.8 Å². The van der Waals surface area contributed by atoms with Crippen LogP contribution in [-0.4, -0.2) is 7.11 Å². The van der Waals surface area contributed by atoms with Crippen LogP contribution < -0.4 is 10.5 Å². The van der Waals surface area contributed by atoms with Gasteiger partial charge >= 0.3 is 0 Å². The first-order chi connectivity index (χ1) is 6.06. The van der Waals surface area contributed by atoms with E-state index >= 15 is 0 Å². The number of ether oxygens (including phenoxy) is 1. The molecule has 0 aromatic heterocycles. The molecule has 0 radical (unpaired) electrons. The van der Waals surface area contributed by atoms with Crippen molar-refractivity contribution in [3.8, 4) is 5.75 Å². The zero-order valence-electron chi connectivity index (χ0n) is 8.72. The van der Waals surface area contributed by atoms with E-state index < -0.39 is 0 Å². The number of benzene rings is 1. The molecule has 0 heterocycles. The van der Waals surface area contributed by atoms with Crippen LogP contribution in [0.3, 0.4) is 0 Å². The molecule has 0 atom stereocenters. The van der Waals surface area contributed by atoms with Gasteiger partial charge in [0.15, 0.2) is 0 Å². The molecule has 0 aliphatic heterocycles. The van der Waals surface area contributed by atoms with Crippen molar-refractivity contribution in [2.45, 2.75) is 26.7 Å². The molecule has 1 aromatic rings. The van der Waals surface area contributed by atoms with Crippen molar-refractivity contribution >= 4 is 5.69 Å². The third-order valence-electron chi connectivity index (χ3n) is 2.25. The van der Waals surface area contributed by atoms with Crippen molar-refractivity contribution in [3.05, 3.63) is 23.3 Å². The Morgan fingerprint density at radius 1 is 1.31 bits per heavy atom. The molecule has 0 spiro atoms. The molecule has 2 heteroatoms. The molecular formula is C11H17NO. The van der Waals surface area contributed by atoms with Crippen LogP contribution in [0.25, 0.3) is 0 Å². The lowest BCUT2D eigenvalue weighted by molar-refractivity contribution is 0.414. The number of nitrogen functional groups attached to an aromatic ring is 1. The average Bonchev–Trinajstić information content (AvgIpc) is 2.09. The maximum absolute atomic E-state index is 5.95. The normalized spacial score (nSPS) is 10.5. The first-order valence-corrected chi connectivity index (χ1v) is 4.50. The summed E-state index contributed by atoms with van der Waals surface area (Å²) in [6.07, 6.45) is 0. The number of anilines is 1. The Bertz CT molecular complexity index is 305. The summed E-state index contributed by atoms with van der Waals surface area (Å²) >= 11 is 0. The first-order valence-electron chi connectivity index (χ1n) is 4.50. The van der Waals surface area contributed by atoms with E-state index in [-0.39, 0.29) is 0 Å². The van der Waals surface area contributed by atoms with Gasteiger partial charge in [0, 0.05) is 5.69 Å². The lowest BCUT2D eigenvalue weighted by Gasteiger charge is -2.13. The Morgan fingerprint density at radius 2 is 1.92 bits per heavy atom. The van der Waals surface area contributed by atoms with Crippen molar-refractivity contribution < 1.29 is 4.74 Å². The third kappa shape index (κ3) is 1.94. The number of aryl methyl sites for hydroxylation is 1. The highest BCUT2D eigenvalue weighted by Crippen LogP contribution is 2.29. The predicted octanol–water partition coefficient (Wildman–Crippen LogP) is 2.71. The molecular weight excluding hydrogens is 162 g/mol. The van der Waals surface area contributed by atoms with Gasteiger partial charge in [-0.05, 0) is 36.1 Å². The van der Waals surface area contributed by atoms with Gasteiger partial charge in [-0.3, -0.25) is 0 Å². The molecule has 0 bridgehead atoms. The molecule has 2 N–H and O–H groups in total. The second-order valence-electron chi connectivity index (χ2n) is 3.60. The third-order valence-corrected chi connectivity index (χ3v) is 2.25. The maximum Gasteiger partial charge on any atom is 0.119 e. The standard InChI is InChI=1S/C11H17NO/c1-7(2)10-6-9(13-4)5-8(3)11(10)12/h5-7H,12H2,1-4H3. The number of hydrogen-bond acceptors (Lipinski definition) is 2. The van der Waals surface area contributed by atoms with Crippen molar-refractivity contribution in [2.24, 2.45) is 0 Å². The fraction of sp³-hybridized carbons (Fsp3) is 0.455. The molecule has 0 unspecified atom stereocenters. The van der Waals surface area contributed by atoms with Crippen molar-refractivity contribution in [3.63, 3.8) is 0 Å². The SMILES string of the molecule is COc1cc(C)c(N)c(C(C)C)c1. The highest BCUT2D eigenvalue weighted by Gasteiger charge is 2.08. The zero-order valence-corrected chi connectivity index (χ0v) is 8.72.